The van der Waals surface area contributed by atoms with Gasteiger partial charge in [-0.15, -0.1) is 0 Å². The third-order valence-electron chi connectivity index (χ3n) is 4.59. The molecule has 2 rings (SSSR count). The van der Waals surface area contributed by atoms with Gasteiger partial charge in [-0.05, 0) is 55.0 Å². The van der Waals surface area contributed by atoms with Gasteiger partial charge in [0.2, 0.25) is 0 Å². The van der Waals surface area contributed by atoms with Crippen molar-refractivity contribution in [2.75, 3.05) is 13.2 Å². The first-order chi connectivity index (χ1) is 16.4. The molecule has 0 fully saturated rings. The Morgan fingerprint density at radius 2 is 1.53 bits per heavy atom. The number of nitro benzene ring substituents is 1. The number of thiocarbonyl (C=S) groups is 1. The van der Waals surface area contributed by atoms with Crippen molar-refractivity contribution in [2.45, 2.75) is 39.0 Å². The van der Waals surface area contributed by atoms with Crippen molar-refractivity contribution >= 4 is 34.8 Å². The Balaban J connectivity index is 1.66. The molecule has 0 aliphatic rings. The van der Waals surface area contributed by atoms with Crippen LogP contribution >= 0.6 is 12.2 Å². The fourth-order valence-electron chi connectivity index (χ4n) is 2.78. The third-order valence-corrected chi connectivity index (χ3v) is 4.80. The largest absolute Gasteiger partial charge is 0.494 e. The van der Waals surface area contributed by atoms with E-state index in [0.717, 1.165) is 12.8 Å². The molecule has 182 valence electrons. The number of hydrogen-bond acceptors (Lipinski definition) is 7. The van der Waals surface area contributed by atoms with Gasteiger partial charge >= 0.3 is 0 Å². The Morgan fingerprint density at radius 1 is 0.912 bits per heavy atom. The Hall–Kier alpha value is -3.73. The van der Waals surface area contributed by atoms with Crippen molar-refractivity contribution < 1.29 is 24.0 Å². The molecule has 0 atom stereocenters. The van der Waals surface area contributed by atoms with Crippen molar-refractivity contribution in [1.29, 1.82) is 0 Å². The summed E-state index contributed by atoms with van der Waals surface area (Å²) in [7, 11) is 0. The second-order valence-corrected chi connectivity index (χ2v) is 7.69. The van der Waals surface area contributed by atoms with Crippen LogP contribution in [0, 0.1) is 10.1 Å². The molecular weight excluding hydrogens is 460 g/mol. The summed E-state index contributed by atoms with van der Waals surface area (Å²) in [5.41, 5.74) is 5.00. The molecule has 2 aromatic carbocycles. The number of unbranched alkanes of at least 4 members (excludes halogenated alkanes) is 4. The Morgan fingerprint density at radius 3 is 2.18 bits per heavy atom. The number of carbonyl (C=O) groups is 2. The Kier molecular flexibility index (Phi) is 11.3. The first kappa shape index (κ1) is 26.5. The van der Waals surface area contributed by atoms with Gasteiger partial charge in [0.05, 0.1) is 11.5 Å². The molecule has 0 aromatic heterocycles. The van der Waals surface area contributed by atoms with Crippen LogP contribution in [0.3, 0.4) is 0 Å². The number of rotatable bonds is 12. The van der Waals surface area contributed by atoms with Crippen molar-refractivity contribution in [1.82, 2.24) is 16.2 Å². The number of nitro groups is 1. The van der Waals surface area contributed by atoms with Gasteiger partial charge in [-0.1, -0.05) is 32.6 Å². The number of amides is 2. The van der Waals surface area contributed by atoms with E-state index in [1.807, 2.05) is 0 Å². The standard InChI is InChI=1S/C23H28N4O6S/c1-2-3-4-5-6-15-32-19-11-7-17(8-12-19)22(29)24-23(34)26-25-21(28)16-33-20-13-9-18(10-14-20)27(30)31/h7-14H,2-6,15-16H2,1H3,(H,25,28)(H2,24,26,29,34). The minimum atomic E-state index is -0.564. The molecule has 0 saturated heterocycles. The lowest BCUT2D eigenvalue weighted by Gasteiger charge is -2.12. The van der Waals surface area contributed by atoms with Gasteiger partial charge in [0.1, 0.15) is 11.5 Å². The molecule has 0 unspecified atom stereocenters. The maximum Gasteiger partial charge on any atom is 0.276 e. The maximum absolute atomic E-state index is 12.3. The van der Waals surface area contributed by atoms with Gasteiger partial charge < -0.3 is 9.47 Å². The minimum Gasteiger partial charge on any atom is -0.494 e. The topological polar surface area (TPSA) is 132 Å². The fraction of sp³-hybridized carbons (Fsp3) is 0.348. The normalized spacial score (nSPS) is 10.1. The summed E-state index contributed by atoms with van der Waals surface area (Å²) in [6.07, 6.45) is 5.78. The highest BCUT2D eigenvalue weighted by Crippen LogP contribution is 2.17. The smallest absolute Gasteiger partial charge is 0.276 e. The van der Waals surface area contributed by atoms with E-state index in [1.54, 1.807) is 24.3 Å². The molecule has 0 heterocycles. The number of ether oxygens (including phenoxy) is 2. The number of hydrogen-bond donors (Lipinski definition) is 3. The van der Waals surface area contributed by atoms with E-state index in [0.29, 0.717) is 23.7 Å². The van der Waals surface area contributed by atoms with Crippen molar-refractivity contribution in [2.24, 2.45) is 0 Å². The zero-order chi connectivity index (χ0) is 24.8. The van der Waals surface area contributed by atoms with E-state index in [4.69, 9.17) is 21.7 Å². The van der Waals surface area contributed by atoms with Crippen LogP contribution in [0.4, 0.5) is 5.69 Å². The zero-order valence-electron chi connectivity index (χ0n) is 18.9. The predicted octanol–water partition coefficient (Wildman–Crippen LogP) is 3.66. The Labute approximate surface area is 203 Å². The minimum absolute atomic E-state index is 0.0838. The van der Waals surface area contributed by atoms with E-state index < -0.39 is 16.7 Å². The molecular formula is C23H28N4O6S. The number of non-ortho nitro benzene ring substituents is 1. The summed E-state index contributed by atoms with van der Waals surface area (Å²) < 4.78 is 10.9. The summed E-state index contributed by atoms with van der Waals surface area (Å²) in [4.78, 5) is 34.2. The summed E-state index contributed by atoms with van der Waals surface area (Å²) in [6, 6.07) is 12.0. The molecule has 0 radical (unpaired) electrons. The van der Waals surface area contributed by atoms with Gasteiger partial charge in [-0.2, -0.15) is 0 Å². The van der Waals surface area contributed by atoms with Crippen LogP contribution in [0.15, 0.2) is 48.5 Å². The van der Waals surface area contributed by atoms with Crippen LogP contribution < -0.4 is 25.6 Å². The van der Waals surface area contributed by atoms with Crippen LogP contribution in [-0.2, 0) is 4.79 Å². The molecule has 0 spiro atoms. The van der Waals surface area contributed by atoms with Crippen molar-refractivity contribution in [3.05, 3.63) is 64.2 Å². The highest BCUT2D eigenvalue weighted by Gasteiger charge is 2.10. The quantitative estimate of drug-likeness (QED) is 0.178. The van der Waals surface area contributed by atoms with Gasteiger partial charge in [0, 0.05) is 17.7 Å². The third kappa shape index (κ3) is 9.82. The summed E-state index contributed by atoms with van der Waals surface area (Å²) in [5, 5.41) is 13.0. The lowest BCUT2D eigenvalue weighted by Crippen LogP contribution is -2.49. The van der Waals surface area contributed by atoms with Gasteiger partial charge in [0.15, 0.2) is 11.7 Å². The lowest BCUT2D eigenvalue weighted by molar-refractivity contribution is -0.384. The SMILES string of the molecule is CCCCCCCOc1ccc(C(=O)NC(=S)NNC(=O)COc2ccc([N+](=O)[O-])cc2)cc1. The summed E-state index contributed by atoms with van der Waals surface area (Å²) in [6.45, 7) is 2.45. The molecule has 0 aliphatic heterocycles. The molecule has 3 N–H and O–H groups in total. The molecule has 11 heteroatoms. The monoisotopic (exact) mass is 488 g/mol. The van der Waals surface area contributed by atoms with Crippen molar-refractivity contribution in [3.8, 4) is 11.5 Å². The number of benzene rings is 2. The van der Waals surface area contributed by atoms with E-state index in [1.165, 1.54) is 43.5 Å². The van der Waals surface area contributed by atoms with Gasteiger partial charge in [-0.3, -0.25) is 35.9 Å². The molecule has 0 saturated carbocycles. The van der Waals surface area contributed by atoms with E-state index >= 15 is 0 Å². The maximum atomic E-state index is 12.3. The molecule has 2 aromatic rings. The van der Waals surface area contributed by atoms with Gasteiger partial charge in [-0.25, -0.2) is 0 Å². The van der Waals surface area contributed by atoms with Crippen LogP contribution in [0.2, 0.25) is 0 Å². The number of nitrogens with one attached hydrogen (secondary N) is 3. The highest BCUT2D eigenvalue weighted by molar-refractivity contribution is 7.80. The van der Waals surface area contributed by atoms with Crippen LogP contribution in [-0.4, -0.2) is 35.1 Å². The molecule has 2 amide bonds. The number of nitrogens with zero attached hydrogens (tertiary/aromatic N) is 1. The van der Waals surface area contributed by atoms with Gasteiger partial charge in [0.25, 0.3) is 17.5 Å². The summed E-state index contributed by atoms with van der Waals surface area (Å²) >= 11 is 5.00. The number of carbonyl (C=O) groups excluding carboxylic acids is 2. The molecule has 10 nitrogen and oxygen atoms in total. The Bertz CT molecular complexity index is 966. The van der Waals surface area contributed by atoms with E-state index in [-0.39, 0.29) is 17.4 Å². The van der Waals surface area contributed by atoms with E-state index in [9.17, 15) is 19.7 Å². The predicted molar refractivity (Wildman–Crippen MR) is 131 cm³/mol. The van der Waals surface area contributed by atoms with Crippen molar-refractivity contribution in [3.63, 3.8) is 0 Å². The second-order valence-electron chi connectivity index (χ2n) is 7.28. The number of hydrazine groups is 1. The zero-order valence-corrected chi connectivity index (χ0v) is 19.7. The van der Waals surface area contributed by atoms with Crippen LogP contribution in [0.25, 0.3) is 0 Å². The van der Waals surface area contributed by atoms with Crippen LogP contribution in [0.1, 0.15) is 49.4 Å². The first-order valence-corrected chi connectivity index (χ1v) is 11.3. The average Bonchev–Trinajstić information content (AvgIpc) is 2.84. The second kappa shape index (κ2) is 14.4. The highest BCUT2D eigenvalue weighted by atomic mass is 32.1. The first-order valence-electron chi connectivity index (χ1n) is 10.9. The van der Waals surface area contributed by atoms with E-state index in [2.05, 4.69) is 23.1 Å². The molecule has 34 heavy (non-hydrogen) atoms. The molecule has 0 bridgehead atoms. The average molecular weight is 489 g/mol. The fourth-order valence-corrected chi connectivity index (χ4v) is 2.92. The lowest BCUT2D eigenvalue weighted by atomic mass is 10.2. The van der Waals surface area contributed by atoms with Crippen LogP contribution in [0.5, 0.6) is 11.5 Å². The summed E-state index contributed by atoms with van der Waals surface area (Å²) in [5.74, 6) is -0.0280. The molecule has 0 aliphatic carbocycles.